The van der Waals surface area contributed by atoms with Gasteiger partial charge in [0.25, 0.3) is 5.91 Å². The molecule has 20 heavy (non-hydrogen) atoms. The van der Waals surface area contributed by atoms with E-state index < -0.39 is 0 Å². The predicted octanol–water partition coefficient (Wildman–Crippen LogP) is 4.32. The summed E-state index contributed by atoms with van der Waals surface area (Å²) < 4.78 is 5.22. The fourth-order valence-electron chi connectivity index (χ4n) is 1.92. The number of nitrogens with one attached hydrogen (secondary N) is 1. The topological polar surface area (TPSA) is 55.1 Å². The highest BCUT2D eigenvalue weighted by molar-refractivity contribution is 6.31. The van der Waals surface area contributed by atoms with Gasteiger partial charge in [0, 0.05) is 16.6 Å². The zero-order chi connectivity index (χ0) is 14.9. The van der Waals surface area contributed by atoms with Crippen LogP contribution in [0.4, 0.5) is 5.69 Å². The normalized spacial score (nSPS) is 10.9. The fraction of sp³-hybridized carbons (Fsp3) is 0.333. The number of benzene rings is 1. The number of amides is 1. The van der Waals surface area contributed by atoms with Gasteiger partial charge in [-0.25, -0.2) is 0 Å². The Morgan fingerprint density at radius 1 is 1.35 bits per heavy atom. The lowest BCUT2D eigenvalue weighted by Crippen LogP contribution is -2.14. The fourth-order valence-corrected chi connectivity index (χ4v) is 2.10. The third-order valence-electron chi connectivity index (χ3n) is 3.07. The highest BCUT2D eigenvalue weighted by Gasteiger charge is 2.22. The molecule has 0 saturated carbocycles. The van der Waals surface area contributed by atoms with Crippen molar-refractivity contribution in [3.8, 4) is 0 Å². The van der Waals surface area contributed by atoms with Crippen LogP contribution in [0.15, 0.2) is 22.7 Å². The van der Waals surface area contributed by atoms with Crippen molar-refractivity contribution in [3.05, 3.63) is 45.8 Å². The van der Waals surface area contributed by atoms with Gasteiger partial charge >= 0.3 is 0 Å². The molecule has 0 radical (unpaired) electrons. The summed E-state index contributed by atoms with van der Waals surface area (Å²) in [6.45, 7) is 7.58. The molecule has 0 unspecified atom stereocenters. The summed E-state index contributed by atoms with van der Waals surface area (Å²) in [5, 5.41) is 7.31. The van der Waals surface area contributed by atoms with E-state index in [4.69, 9.17) is 16.1 Å². The van der Waals surface area contributed by atoms with E-state index in [2.05, 4.69) is 10.5 Å². The first kappa shape index (κ1) is 14.6. The van der Waals surface area contributed by atoms with Gasteiger partial charge in [-0.05, 0) is 31.5 Å². The maximum absolute atomic E-state index is 12.4. The number of carbonyl (C=O) groups excluding carboxylic acids is 1. The van der Waals surface area contributed by atoms with Crippen molar-refractivity contribution in [3.63, 3.8) is 0 Å². The van der Waals surface area contributed by atoms with E-state index in [1.807, 2.05) is 32.9 Å². The van der Waals surface area contributed by atoms with E-state index in [9.17, 15) is 4.79 Å². The third kappa shape index (κ3) is 2.85. The van der Waals surface area contributed by atoms with Crippen molar-refractivity contribution in [1.29, 1.82) is 0 Å². The highest BCUT2D eigenvalue weighted by atomic mass is 35.5. The molecular formula is C15H17ClN2O2. The van der Waals surface area contributed by atoms with E-state index in [0.717, 1.165) is 5.56 Å². The molecule has 2 aromatic rings. The molecule has 0 aliphatic carbocycles. The SMILES string of the molecule is Cc1ccc(NC(=O)c2c(C)noc2C(C)C)cc1Cl. The summed E-state index contributed by atoms with van der Waals surface area (Å²) in [4.78, 5) is 12.4. The van der Waals surface area contributed by atoms with Crippen LogP contribution in [0.3, 0.4) is 0 Å². The van der Waals surface area contributed by atoms with Gasteiger partial charge in [0.1, 0.15) is 5.56 Å². The first-order valence-electron chi connectivity index (χ1n) is 6.43. The van der Waals surface area contributed by atoms with Crippen LogP contribution in [0.1, 0.15) is 47.1 Å². The number of aromatic nitrogens is 1. The number of rotatable bonds is 3. The number of hydrogen-bond donors (Lipinski definition) is 1. The molecule has 0 atom stereocenters. The quantitative estimate of drug-likeness (QED) is 0.916. The van der Waals surface area contributed by atoms with Gasteiger partial charge in [0.15, 0.2) is 5.76 Å². The third-order valence-corrected chi connectivity index (χ3v) is 3.48. The van der Waals surface area contributed by atoms with Crippen LogP contribution in [0.5, 0.6) is 0 Å². The van der Waals surface area contributed by atoms with E-state index >= 15 is 0 Å². The number of carbonyl (C=O) groups is 1. The van der Waals surface area contributed by atoms with Gasteiger partial charge in [-0.3, -0.25) is 4.79 Å². The van der Waals surface area contributed by atoms with Gasteiger partial charge in [-0.15, -0.1) is 0 Å². The van der Waals surface area contributed by atoms with Crippen molar-refractivity contribution in [2.45, 2.75) is 33.6 Å². The van der Waals surface area contributed by atoms with Gasteiger partial charge in [0.2, 0.25) is 0 Å². The summed E-state index contributed by atoms with van der Waals surface area (Å²) in [6.07, 6.45) is 0. The molecule has 0 aliphatic heterocycles. The smallest absolute Gasteiger partial charge is 0.261 e. The Balaban J connectivity index is 2.28. The Kier molecular flexibility index (Phi) is 4.14. The predicted molar refractivity (Wildman–Crippen MR) is 79.5 cm³/mol. The average Bonchev–Trinajstić information content (AvgIpc) is 2.76. The number of hydrogen-bond acceptors (Lipinski definition) is 3. The van der Waals surface area contributed by atoms with E-state index in [1.54, 1.807) is 13.0 Å². The second-order valence-corrected chi connectivity index (χ2v) is 5.49. The Hall–Kier alpha value is -1.81. The van der Waals surface area contributed by atoms with Crippen LogP contribution in [0, 0.1) is 13.8 Å². The first-order valence-corrected chi connectivity index (χ1v) is 6.81. The molecule has 0 aliphatic rings. The monoisotopic (exact) mass is 292 g/mol. The Bertz CT molecular complexity index is 647. The van der Waals surface area contributed by atoms with Gasteiger partial charge < -0.3 is 9.84 Å². The number of nitrogens with zero attached hydrogens (tertiary/aromatic N) is 1. The maximum Gasteiger partial charge on any atom is 0.261 e. The molecule has 4 nitrogen and oxygen atoms in total. The molecule has 5 heteroatoms. The summed E-state index contributed by atoms with van der Waals surface area (Å²) >= 11 is 6.05. The number of aryl methyl sites for hydroxylation is 2. The maximum atomic E-state index is 12.4. The van der Waals surface area contributed by atoms with E-state index in [1.165, 1.54) is 0 Å². The van der Waals surface area contributed by atoms with Crippen molar-refractivity contribution >= 4 is 23.2 Å². The lowest BCUT2D eigenvalue weighted by molar-refractivity contribution is 0.102. The van der Waals surface area contributed by atoms with Crippen molar-refractivity contribution in [2.75, 3.05) is 5.32 Å². The average molecular weight is 293 g/mol. The van der Waals surface area contributed by atoms with Crippen LogP contribution in [-0.2, 0) is 0 Å². The Morgan fingerprint density at radius 2 is 2.05 bits per heavy atom. The second kappa shape index (κ2) is 5.67. The van der Waals surface area contributed by atoms with Crippen molar-refractivity contribution in [1.82, 2.24) is 5.16 Å². The van der Waals surface area contributed by atoms with Gasteiger partial charge in [-0.1, -0.05) is 36.7 Å². The van der Waals surface area contributed by atoms with E-state index in [0.29, 0.717) is 27.7 Å². The molecule has 0 spiro atoms. The molecule has 1 aromatic carbocycles. The van der Waals surface area contributed by atoms with Crippen LogP contribution < -0.4 is 5.32 Å². The van der Waals surface area contributed by atoms with Crippen LogP contribution >= 0.6 is 11.6 Å². The molecule has 1 aromatic heterocycles. The molecule has 0 bridgehead atoms. The molecule has 106 valence electrons. The minimum absolute atomic E-state index is 0.0959. The standard InChI is InChI=1S/C15H17ClN2O2/c1-8(2)14-13(10(4)18-20-14)15(19)17-11-6-5-9(3)12(16)7-11/h5-8H,1-4H3,(H,17,19). The zero-order valence-electron chi connectivity index (χ0n) is 12.0. The van der Waals surface area contributed by atoms with Gasteiger partial charge in [-0.2, -0.15) is 0 Å². The number of anilines is 1. The molecular weight excluding hydrogens is 276 g/mol. The summed E-state index contributed by atoms with van der Waals surface area (Å²) in [6, 6.07) is 5.41. The van der Waals surface area contributed by atoms with Gasteiger partial charge in [0.05, 0.1) is 5.69 Å². The Labute approximate surface area is 123 Å². The molecule has 1 amide bonds. The van der Waals surface area contributed by atoms with Crippen LogP contribution in [-0.4, -0.2) is 11.1 Å². The van der Waals surface area contributed by atoms with Crippen LogP contribution in [0.2, 0.25) is 5.02 Å². The Morgan fingerprint density at radius 3 is 2.65 bits per heavy atom. The summed E-state index contributed by atoms with van der Waals surface area (Å²) in [5.74, 6) is 0.462. The molecule has 1 N–H and O–H groups in total. The summed E-state index contributed by atoms with van der Waals surface area (Å²) in [7, 11) is 0. The summed E-state index contributed by atoms with van der Waals surface area (Å²) in [5.41, 5.74) is 2.70. The first-order chi connectivity index (χ1) is 9.40. The second-order valence-electron chi connectivity index (χ2n) is 5.08. The van der Waals surface area contributed by atoms with Crippen LogP contribution in [0.25, 0.3) is 0 Å². The minimum Gasteiger partial charge on any atom is -0.360 e. The zero-order valence-corrected chi connectivity index (χ0v) is 12.7. The van der Waals surface area contributed by atoms with E-state index in [-0.39, 0.29) is 11.8 Å². The highest BCUT2D eigenvalue weighted by Crippen LogP contribution is 2.25. The van der Waals surface area contributed by atoms with Crippen molar-refractivity contribution in [2.24, 2.45) is 0 Å². The largest absolute Gasteiger partial charge is 0.360 e. The minimum atomic E-state index is -0.229. The molecule has 0 saturated heterocycles. The molecule has 0 fully saturated rings. The van der Waals surface area contributed by atoms with Crippen molar-refractivity contribution < 1.29 is 9.32 Å². The molecule has 2 rings (SSSR count). The molecule has 1 heterocycles. The number of halogens is 1. The lowest BCUT2D eigenvalue weighted by atomic mass is 10.0. The lowest BCUT2D eigenvalue weighted by Gasteiger charge is -2.08.